The number of aryl methyl sites for hydroxylation is 2. The van der Waals surface area contributed by atoms with Gasteiger partial charge in [0.05, 0.1) is 35.8 Å². The largest absolute Gasteiger partial charge is 0.494 e. The molecule has 3 aliphatic heterocycles. The van der Waals surface area contributed by atoms with E-state index in [9.17, 15) is 19.5 Å². The number of ether oxygens (including phenoxy) is 1. The molecule has 3 unspecified atom stereocenters. The van der Waals surface area contributed by atoms with Crippen LogP contribution in [0.25, 0.3) is 0 Å². The van der Waals surface area contributed by atoms with E-state index in [1.54, 1.807) is 28.8 Å². The Bertz CT molecular complexity index is 1350. The maximum atomic E-state index is 14.5. The molecule has 2 bridgehead atoms. The number of aliphatic hydroxyl groups excluding tert-OH is 1. The number of fused-ring (bicyclic) bond motifs is 1. The molecule has 0 radical (unpaired) electrons. The minimum Gasteiger partial charge on any atom is -0.494 e. The lowest BCUT2D eigenvalue weighted by atomic mass is 9.65. The SMILES string of the molecule is CCOc1ccc(NC(=O)[C@@H]2[C@H]3C(=O)N([C@@H](CO)CC(C)C)C(C(=O)Nc4cc(C)ccc4C)C34S[C@@H]2CC4C)cc1. The maximum Gasteiger partial charge on any atom is 0.248 e. The van der Waals surface area contributed by atoms with E-state index in [2.05, 4.69) is 17.6 Å². The molecule has 9 heteroatoms. The van der Waals surface area contributed by atoms with Gasteiger partial charge in [-0.3, -0.25) is 14.4 Å². The number of carbonyl (C=O) groups excluding carboxylic acids is 3. The van der Waals surface area contributed by atoms with E-state index in [0.29, 0.717) is 24.4 Å². The highest BCUT2D eigenvalue weighted by Gasteiger charge is 2.76. The van der Waals surface area contributed by atoms with Gasteiger partial charge in [0.15, 0.2) is 0 Å². The first-order chi connectivity index (χ1) is 20.0. The normalized spacial score (nSPS) is 28.6. The Morgan fingerprint density at radius 3 is 2.48 bits per heavy atom. The van der Waals surface area contributed by atoms with Crippen molar-refractivity contribution in [2.24, 2.45) is 23.7 Å². The van der Waals surface area contributed by atoms with Crippen LogP contribution >= 0.6 is 11.8 Å². The lowest BCUT2D eigenvalue weighted by Crippen LogP contribution is -2.57. The van der Waals surface area contributed by atoms with E-state index >= 15 is 0 Å². The maximum absolute atomic E-state index is 14.5. The van der Waals surface area contributed by atoms with Crippen LogP contribution in [0.4, 0.5) is 11.4 Å². The van der Waals surface area contributed by atoms with Gasteiger partial charge < -0.3 is 25.4 Å². The monoisotopic (exact) mass is 593 g/mol. The summed E-state index contributed by atoms with van der Waals surface area (Å²) >= 11 is 1.64. The summed E-state index contributed by atoms with van der Waals surface area (Å²) in [5.41, 5.74) is 3.31. The lowest BCUT2D eigenvalue weighted by molar-refractivity contribution is -0.141. The van der Waals surface area contributed by atoms with E-state index in [4.69, 9.17) is 4.74 Å². The first kappa shape index (κ1) is 30.4. The average molecular weight is 594 g/mol. The van der Waals surface area contributed by atoms with E-state index in [1.165, 1.54) is 0 Å². The minimum absolute atomic E-state index is 0.0359. The Morgan fingerprint density at radius 1 is 1.12 bits per heavy atom. The molecule has 3 saturated heterocycles. The molecule has 2 aromatic rings. The highest BCUT2D eigenvalue weighted by atomic mass is 32.2. The van der Waals surface area contributed by atoms with E-state index < -0.39 is 28.7 Å². The molecule has 8 nitrogen and oxygen atoms in total. The smallest absolute Gasteiger partial charge is 0.248 e. The molecule has 3 amide bonds. The van der Waals surface area contributed by atoms with Gasteiger partial charge in [-0.1, -0.05) is 32.9 Å². The third-order valence-electron chi connectivity index (χ3n) is 9.17. The Kier molecular flexibility index (Phi) is 8.63. The Morgan fingerprint density at radius 2 is 1.83 bits per heavy atom. The average Bonchev–Trinajstić information content (AvgIpc) is 3.54. The molecule has 0 aromatic heterocycles. The summed E-state index contributed by atoms with van der Waals surface area (Å²) in [5, 5.41) is 16.6. The van der Waals surface area contributed by atoms with Crippen LogP contribution in [0.5, 0.6) is 5.75 Å². The standard InChI is InChI=1S/C33H43N3O5S/c1-7-41-24-12-10-22(11-13-24)34-30(38)27-26-16-21(6)33(42-26)28(27)32(40)36(23(17-37)14-18(2)3)29(33)31(39)35-25-15-19(4)8-9-20(25)5/h8-13,15,18,21,23,26-29,37H,7,14,16-17H2,1-6H3,(H,34,38)(H,35,39)/t21?,23-,26-,27+,28+,29?,33?/m1/s1. The number of likely N-dealkylation sites (tertiary alicyclic amines) is 1. The summed E-state index contributed by atoms with van der Waals surface area (Å²) < 4.78 is 4.76. The molecule has 1 spiro atoms. The van der Waals surface area contributed by atoms with Gasteiger partial charge in [0.2, 0.25) is 17.7 Å². The Labute approximate surface area is 253 Å². The van der Waals surface area contributed by atoms with Crippen molar-refractivity contribution in [3.05, 3.63) is 53.6 Å². The van der Waals surface area contributed by atoms with Crippen molar-refractivity contribution in [3.63, 3.8) is 0 Å². The second-order valence-corrected chi connectivity index (χ2v) is 14.1. The van der Waals surface area contributed by atoms with Gasteiger partial charge in [0.25, 0.3) is 0 Å². The molecule has 2 aromatic carbocycles. The molecule has 3 heterocycles. The number of benzene rings is 2. The summed E-state index contributed by atoms with van der Waals surface area (Å²) in [6.45, 7) is 12.3. The number of aliphatic hydroxyl groups is 1. The number of anilines is 2. The number of rotatable bonds is 10. The van der Waals surface area contributed by atoms with Gasteiger partial charge in [-0.05, 0) is 86.9 Å². The number of hydrogen-bond donors (Lipinski definition) is 3. The minimum atomic E-state index is -0.806. The molecule has 3 aliphatic rings. The topological polar surface area (TPSA) is 108 Å². The summed E-state index contributed by atoms with van der Waals surface area (Å²) in [6.07, 6.45) is 1.30. The summed E-state index contributed by atoms with van der Waals surface area (Å²) in [4.78, 5) is 44.4. The van der Waals surface area contributed by atoms with Crippen molar-refractivity contribution in [3.8, 4) is 5.75 Å². The molecule has 7 atom stereocenters. The van der Waals surface area contributed by atoms with Gasteiger partial charge in [0.1, 0.15) is 11.8 Å². The zero-order chi connectivity index (χ0) is 30.3. The van der Waals surface area contributed by atoms with Crippen molar-refractivity contribution < 1.29 is 24.2 Å². The molecule has 0 aliphatic carbocycles. The van der Waals surface area contributed by atoms with Gasteiger partial charge in [-0.25, -0.2) is 0 Å². The first-order valence-corrected chi connectivity index (χ1v) is 15.9. The van der Waals surface area contributed by atoms with Crippen LogP contribution in [0.2, 0.25) is 0 Å². The summed E-state index contributed by atoms with van der Waals surface area (Å²) in [5.74, 6) is -0.941. The number of thioether (sulfide) groups is 1. The second-order valence-electron chi connectivity index (χ2n) is 12.5. The highest BCUT2D eigenvalue weighted by molar-refractivity contribution is 8.02. The number of carbonyl (C=O) groups is 3. The molecular weight excluding hydrogens is 550 g/mol. The molecule has 3 fully saturated rings. The zero-order valence-electron chi connectivity index (χ0n) is 25.3. The predicted octanol–water partition coefficient (Wildman–Crippen LogP) is 5.02. The van der Waals surface area contributed by atoms with Crippen LogP contribution in [0, 0.1) is 37.5 Å². The lowest BCUT2D eigenvalue weighted by Gasteiger charge is -2.40. The van der Waals surface area contributed by atoms with Crippen molar-refractivity contribution in [2.75, 3.05) is 23.8 Å². The van der Waals surface area contributed by atoms with Crippen LogP contribution in [0.3, 0.4) is 0 Å². The molecule has 42 heavy (non-hydrogen) atoms. The van der Waals surface area contributed by atoms with Crippen molar-refractivity contribution >= 4 is 40.9 Å². The first-order valence-electron chi connectivity index (χ1n) is 15.0. The highest BCUT2D eigenvalue weighted by Crippen LogP contribution is 2.69. The third-order valence-corrected chi connectivity index (χ3v) is 11.2. The molecular formula is C33H43N3O5S. The van der Waals surface area contributed by atoms with Gasteiger partial charge in [0, 0.05) is 16.6 Å². The van der Waals surface area contributed by atoms with E-state index in [-0.39, 0.29) is 41.4 Å². The molecule has 226 valence electrons. The summed E-state index contributed by atoms with van der Waals surface area (Å²) in [7, 11) is 0. The van der Waals surface area contributed by atoms with Gasteiger partial charge in [-0.15, -0.1) is 11.8 Å². The summed E-state index contributed by atoms with van der Waals surface area (Å²) in [6, 6.07) is 11.8. The van der Waals surface area contributed by atoms with Crippen LogP contribution in [-0.2, 0) is 14.4 Å². The van der Waals surface area contributed by atoms with Crippen LogP contribution < -0.4 is 15.4 Å². The van der Waals surface area contributed by atoms with Crippen LogP contribution in [0.15, 0.2) is 42.5 Å². The zero-order valence-corrected chi connectivity index (χ0v) is 26.2. The number of nitrogens with one attached hydrogen (secondary N) is 2. The fourth-order valence-electron chi connectivity index (χ4n) is 7.37. The van der Waals surface area contributed by atoms with Crippen molar-refractivity contribution in [1.82, 2.24) is 4.90 Å². The second kappa shape index (κ2) is 11.9. The fourth-order valence-corrected chi connectivity index (χ4v) is 9.78. The quantitative estimate of drug-likeness (QED) is 0.357. The molecule has 0 saturated carbocycles. The van der Waals surface area contributed by atoms with Gasteiger partial charge in [-0.2, -0.15) is 0 Å². The molecule has 5 rings (SSSR count). The third kappa shape index (κ3) is 5.19. The number of amides is 3. The van der Waals surface area contributed by atoms with Gasteiger partial charge >= 0.3 is 0 Å². The predicted molar refractivity (Wildman–Crippen MR) is 167 cm³/mol. The van der Waals surface area contributed by atoms with E-state index in [1.807, 2.05) is 65.0 Å². The Balaban J connectivity index is 1.51. The molecule has 3 N–H and O–H groups in total. The van der Waals surface area contributed by atoms with Crippen LogP contribution in [-0.4, -0.2) is 63.0 Å². The van der Waals surface area contributed by atoms with Crippen molar-refractivity contribution in [1.29, 1.82) is 0 Å². The number of nitrogens with zero attached hydrogens (tertiary/aromatic N) is 1. The fraction of sp³-hybridized carbons (Fsp3) is 0.545. The van der Waals surface area contributed by atoms with E-state index in [0.717, 1.165) is 23.3 Å². The Hall–Kier alpha value is -3.04. The van der Waals surface area contributed by atoms with Crippen LogP contribution in [0.1, 0.15) is 51.7 Å². The van der Waals surface area contributed by atoms with Crippen molar-refractivity contribution in [2.45, 2.75) is 76.5 Å². The number of hydrogen-bond acceptors (Lipinski definition) is 6.